The Morgan fingerprint density at radius 1 is 1.18 bits per heavy atom. The lowest BCUT2D eigenvalue weighted by Gasteiger charge is -2.12. The SMILES string of the molecule is CNCC(C)CNc1nc(OC)cc(OC)n1. The maximum atomic E-state index is 5.07. The molecule has 0 aliphatic heterocycles. The number of rotatable bonds is 7. The molecule has 0 radical (unpaired) electrons. The molecule has 96 valence electrons. The van der Waals surface area contributed by atoms with E-state index in [0.717, 1.165) is 13.1 Å². The Kier molecular flexibility index (Phi) is 5.48. The molecule has 6 nitrogen and oxygen atoms in total. The van der Waals surface area contributed by atoms with Crippen LogP contribution in [0.3, 0.4) is 0 Å². The average molecular weight is 240 g/mol. The Morgan fingerprint density at radius 3 is 2.24 bits per heavy atom. The van der Waals surface area contributed by atoms with Crippen molar-refractivity contribution < 1.29 is 9.47 Å². The number of methoxy groups -OCH3 is 2. The molecule has 1 rings (SSSR count). The summed E-state index contributed by atoms with van der Waals surface area (Å²) in [5, 5.41) is 6.28. The fourth-order valence-electron chi connectivity index (χ4n) is 1.38. The highest BCUT2D eigenvalue weighted by Crippen LogP contribution is 2.17. The number of nitrogens with one attached hydrogen (secondary N) is 2. The number of hydrogen-bond donors (Lipinski definition) is 2. The predicted molar refractivity (Wildman–Crippen MR) is 66.7 cm³/mol. The van der Waals surface area contributed by atoms with Gasteiger partial charge in [-0.2, -0.15) is 9.97 Å². The van der Waals surface area contributed by atoms with Crippen LogP contribution < -0.4 is 20.1 Å². The summed E-state index contributed by atoms with van der Waals surface area (Å²) in [5.41, 5.74) is 0. The van der Waals surface area contributed by atoms with Crippen molar-refractivity contribution in [2.45, 2.75) is 6.92 Å². The summed E-state index contributed by atoms with van der Waals surface area (Å²) in [4.78, 5) is 8.37. The van der Waals surface area contributed by atoms with Crippen molar-refractivity contribution in [1.82, 2.24) is 15.3 Å². The van der Waals surface area contributed by atoms with E-state index in [1.807, 2.05) is 7.05 Å². The third-order valence-corrected chi connectivity index (χ3v) is 2.26. The van der Waals surface area contributed by atoms with Gasteiger partial charge in [0.25, 0.3) is 0 Å². The molecule has 0 saturated heterocycles. The highest BCUT2D eigenvalue weighted by molar-refractivity contribution is 5.33. The molecule has 17 heavy (non-hydrogen) atoms. The van der Waals surface area contributed by atoms with Crippen LogP contribution in [0.1, 0.15) is 6.92 Å². The van der Waals surface area contributed by atoms with Crippen LogP contribution >= 0.6 is 0 Å². The van der Waals surface area contributed by atoms with Crippen LogP contribution in [-0.2, 0) is 0 Å². The Balaban J connectivity index is 2.63. The number of aromatic nitrogens is 2. The van der Waals surface area contributed by atoms with Gasteiger partial charge in [0.05, 0.1) is 20.3 Å². The van der Waals surface area contributed by atoms with E-state index < -0.39 is 0 Å². The molecule has 0 spiro atoms. The molecule has 6 heteroatoms. The normalized spacial score (nSPS) is 12.0. The Hall–Kier alpha value is -1.56. The summed E-state index contributed by atoms with van der Waals surface area (Å²) < 4.78 is 10.1. The van der Waals surface area contributed by atoms with Gasteiger partial charge in [-0.25, -0.2) is 0 Å². The first-order valence-electron chi connectivity index (χ1n) is 5.55. The third-order valence-electron chi connectivity index (χ3n) is 2.26. The maximum absolute atomic E-state index is 5.07. The van der Waals surface area contributed by atoms with Gasteiger partial charge in [0.2, 0.25) is 17.7 Å². The largest absolute Gasteiger partial charge is 0.481 e. The van der Waals surface area contributed by atoms with E-state index in [9.17, 15) is 0 Å². The molecule has 1 atom stereocenters. The van der Waals surface area contributed by atoms with Crippen molar-refractivity contribution in [3.8, 4) is 11.8 Å². The molecule has 1 unspecified atom stereocenters. The highest BCUT2D eigenvalue weighted by atomic mass is 16.5. The quantitative estimate of drug-likeness (QED) is 0.733. The van der Waals surface area contributed by atoms with Gasteiger partial charge in [-0.15, -0.1) is 0 Å². The zero-order chi connectivity index (χ0) is 12.7. The first-order valence-corrected chi connectivity index (χ1v) is 5.55. The standard InChI is InChI=1S/C11H20N4O2/c1-8(6-12-2)7-13-11-14-9(16-3)5-10(15-11)17-4/h5,8,12H,6-7H2,1-4H3,(H,13,14,15). The monoisotopic (exact) mass is 240 g/mol. The fraction of sp³-hybridized carbons (Fsp3) is 0.636. The van der Waals surface area contributed by atoms with Crippen molar-refractivity contribution in [2.75, 3.05) is 39.7 Å². The summed E-state index contributed by atoms with van der Waals surface area (Å²) in [7, 11) is 5.06. The van der Waals surface area contributed by atoms with Gasteiger partial charge in [0, 0.05) is 6.54 Å². The molecule has 2 N–H and O–H groups in total. The summed E-state index contributed by atoms with van der Waals surface area (Å²) in [6, 6.07) is 1.64. The molecule has 0 aromatic carbocycles. The minimum atomic E-state index is 0.487. The Labute approximate surface area is 102 Å². The molecule has 0 fully saturated rings. The van der Waals surface area contributed by atoms with Gasteiger partial charge in [0.15, 0.2) is 0 Å². The molecule has 1 aromatic heterocycles. The van der Waals surface area contributed by atoms with Crippen molar-refractivity contribution in [3.05, 3.63) is 6.07 Å². The summed E-state index contributed by atoms with van der Waals surface area (Å²) in [5.74, 6) is 1.98. The van der Waals surface area contributed by atoms with Gasteiger partial charge in [-0.05, 0) is 19.5 Å². The van der Waals surface area contributed by atoms with E-state index >= 15 is 0 Å². The minimum Gasteiger partial charge on any atom is -0.481 e. The van der Waals surface area contributed by atoms with Gasteiger partial charge >= 0.3 is 0 Å². The fourth-order valence-corrected chi connectivity index (χ4v) is 1.38. The third kappa shape index (κ3) is 4.44. The minimum absolute atomic E-state index is 0.487. The van der Waals surface area contributed by atoms with E-state index in [2.05, 4.69) is 27.5 Å². The topological polar surface area (TPSA) is 68.3 Å². The van der Waals surface area contributed by atoms with Gasteiger partial charge in [0.1, 0.15) is 0 Å². The van der Waals surface area contributed by atoms with Gasteiger partial charge in [-0.3, -0.25) is 0 Å². The number of hydrogen-bond acceptors (Lipinski definition) is 6. The van der Waals surface area contributed by atoms with E-state index in [4.69, 9.17) is 9.47 Å². The van der Waals surface area contributed by atoms with E-state index in [0.29, 0.717) is 23.6 Å². The zero-order valence-electron chi connectivity index (χ0n) is 10.8. The average Bonchev–Trinajstić information content (AvgIpc) is 2.36. The van der Waals surface area contributed by atoms with Gasteiger partial charge < -0.3 is 20.1 Å². The van der Waals surface area contributed by atoms with Crippen LogP contribution in [0.25, 0.3) is 0 Å². The maximum Gasteiger partial charge on any atom is 0.229 e. The van der Waals surface area contributed by atoms with Crippen molar-refractivity contribution in [2.24, 2.45) is 5.92 Å². The van der Waals surface area contributed by atoms with Crippen LogP contribution in [0.5, 0.6) is 11.8 Å². The lowest BCUT2D eigenvalue weighted by molar-refractivity contribution is 0.372. The first-order chi connectivity index (χ1) is 8.19. The molecular formula is C11H20N4O2. The van der Waals surface area contributed by atoms with Crippen LogP contribution in [0, 0.1) is 5.92 Å². The second kappa shape index (κ2) is 6.90. The molecule has 0 aliphatic rings. The molecule has 0 amide bonds. The number of ether oxygens (including phenoxy) is 2. The Bertz CT molecular complexity index is 324. The molecule has 0 saturated carbocycles. The van der Waals surface area contributed by atoms with E-state index in [1.54, 1.807) is 20.3 Å². The summed E-state index contributed by atoms with van der Waals surface area (Å²) in [6.07, 6.45) is 0. The number of nitrogens with zero attached hydrogens (tertiary/aromatic N) is 2. The molecule has 1 aromatic rings. The summed E-state index contributed by atoms with van der Waals surface area (Å²) in [6.45, 7) is 3.87. The van der Waals surface area contributed by atoms with E-state index in [1.165, 1.54) is 0 Å². The van der Waals surface area contributed by atoms with E-state index in [-0.39, 0.29) is 0 Å². The molecule has 0 aliphatic carbocycles. The van der Waals surface area contributed by atoms with Crippen LogP contribution in [0.15, 0.2) is 6.07 Å². The van der Waals surface area contributed by atoms with Crippen molar-refractivity contribution >= 4 is 5.95 Å². The van der Waals surface area contributed by atoms with Crippen LogP contribution in [0.2, 0.25) is 0 Å². The summed E-state index contributed by atoms with van der Waals surface area (Å²) >= 11 is 0. The van der Waals surface area contributed by atoms with Crippen molar-refractivity contribution in [1.29, 1.82) is 0 Å². The zero-order valence-corrected chi connectivity index (χ0v) is 10.8. The van der Waals surface area contributed by atoms with Crippen LogP contribution in [-0.4, -0.2) is 44.3 Å². The first kappa shape index (κ1) is 13.5. The second-order valence-electron chi connectivity index (χ2n) is 3.82. The molecule has 1 heterocycles. The van der Waals surface area contributed by atoms with Crippen molar-refractivity contribution in [3.63, 3.8) is 0 Å². The smallest absolute Gasteiger partial charge is 0.229 e. The lowest BCUT2D eigenvalue weighted by atomic mass is 10.2. The molecular weight excluding hydrogens is 220 g/mol. The van der Waals surface area contributed by atoms with Gasteiger partial charge in [-0.1, -0.05) is 6.92 Å². The molecule has 0 bridgehead atoms. The second-order valence-corrected chi connectivity index (χ2v) is 3.82. The predicted octanol–water partition coefficient (Wildman–Crippen LogP) is 0.761. The highest BCUT2D eigenvalue weighted by Gasteiger charge is 2.06. The lowest BCUT2D eigenvalue weighted by Crippen LogP contribution is -2.23. The number of anilines is 1. The van der Waals surface area contributed by atoms with Crippen LogP contribution in [0.4, 0.5) is 5.95 Å². The Morgan fingerprint density at radius 2 is 1.76 bits per heavy atom.